The number of carboxylic acids is 1. The second-order valence-corrected chi connectivity index (χ2v) is 8.08. The molecule has 29 heavy (non-hydrogen) atoms. The van der Waals surface area contributed by atoms with Crippen molar-refractivity contribution < 1.29 is 24.5 Å². The molecule has 1 aromatic heterocycles. The van der Waals surface area contributed by atoms with Crippen LogP contribution in [0.1, 0.15) is 32.5 Å². The minimum Gasteiger partial charge on any atom is -0.504 e. The van der Waals surface area contributed by atoms with E-state index < -0.39 is 5.97 Å². The quantitative estimate of drug-likeness (QED) is 0.545. The van der Waals surface area contributed by atoms with E-state index in [4.69, 9.17) is 16.3 Å². The number of rotatable bonds is 4. The van der Waals surface area contributed by atoms with Gasteiger partial charge in [0.2, 0.25) is 5.91 Å². The number of amides is 1. The van der Waals surface area contributed by atoms with Crippen LogP contribution >= 0.6 is 22.9 Å². The number of benzene rings is 2. The van der Waals surface area contributed by atoms with Gasteiger partial charge in [-0.2, -0.15) is 0 Å². The fourth-order valence-electron chi connectivity index (χ4n) is 3.51. The molecule has 2 heterocycles. The van der Waals surface area contributed by atoms with E-state index in [1.54, 1.807) is 36.4 Å². The molecule has 0 aliphatic carbocycles. The molecule has 1 aliphatic heterocycles. The van der Waals surface area contributed by atoms with Crippen molar-refractivity contribution in [2.24, 2.45) is 0 Å². The number of carboxylic acid groups (broad SMARTS) is 1. The summed E-state index contributed by atoms with van der Waals surface area (Å²) in [5.41, 5.74) is 2.39. The van der Waals surface area contributed by atoms with Crippen LogP contribution in [0.3, 0.4) is 0 Å². The Bertz CT molecular complexity index is 1120. The fourth-order valence-corrected chi connectivity index (χ4v) is 4.88. The number of hydrogen-bond donors (Lipinski definition) is 3. The third-order valence-corrected chi connectivity index (χ3v) is 6.38. The molecular weight excluding hydrogens is 414 g/mol. The second-order valence-electron chi connectivity index (χ2n) is 6.59. The molecule has 1 aliphatic rings. The molecule has 0 bridgehead atoms. The SMILES string of the molecule is COc1cc([C@H]2CC(=O)Nc3c2sc(C(=O)O)c3-c2ccc(Cl)cc2)ccc1O. The Morgan fingerprint density at radius 1 is 1.24 bits per heavy atom. The number of thiophene rings is 1. The summed E-state index contributed by atoms with van der Waals surface area (Å²) in [6, 6.07) is 11.7. The molecule has 1 amide bonds. The van der Waals surface area contributed by atoms with E-state index >= 15 is 0 Å². The van der Waals surface area contributed by atoms with Crippen molar-refractivity contribution in [3.05, 3.63) is 62.8 Å². The van der Waals surface area contributed by atoms with Crippen molar-refractivity contribution >= 4 is 40.5 Å². The first-order valence-corrected chi connectivity index (χ1v) is 9.91. The number of fused-ring (bicyclic) bond motifs is 1. The van der Waals surface area contributed by atoms with E-state index in [1.165, 1.54) is 13.2 Å². The molecule has 3 aromatic rings. The highest BCUT2D eigenvalue weighted by molar-refractivity contribution is 7.15. The lowest BCUT2D eigenvalue weighted by Gasteiger charge is -2.24. The first-order valence-electron chi connectivity index (χ1n) is 8.71. The summed E-state index contributed by atoms with van der Waals surface area (Å²) in [5.74, 6) is -1.33. The molecule has 0 radical (unpaired) electrons. The van der Waals surface area contributed by atoms with Crippen molar-refractivity contribution in [3.63, 3.8) is 0 Å². The zero-order valence-electron chi connectivity index (χ0n) is 15.2. The highest BCUT2D eigenvalue weighted by atomic mass is 35.5. The van der Waals surface area contributed by atoms with E-state index in [2.05, 4.69) is 5.32 Å². The molecule has 1 atom stereocenters. The summed E-state index contributed by atoms with van der Waals surface area (Å²) in [6.45, 7) is 0. The van der Waals surface area contributed by atoms with E-state index in [0.717, 1.165) is 21.8 Å². The molecule has 0 spiro atoms. The Morgan fingerprint density at radius 3 is 2.62 bits per heavy atom. The van der Waals surface area contributed by atoms with Crippen LogP contribution in [0.25, 0.3) is 11.1 Å². The van der Waals surface area contributed by atoms with Gasteiger partial charge >= 0.3 is 5.97 Å². The number of carbonyl (C=O) groups excluding carboxylic acids is 1. The zero-order valence-corrected chi connectivity index (χ0v) is 16.8. The number of ether oxygens (including phenoxy) is 1. The first-order chi connectivity index (χ1) is 13.9. The van der Waals surface area contributed by atoms with Crippen molar-refractivity contribution in [1.29, 1.82) is 0 Å². The third-order valence-electron chi connectivity index (χ3n) is 4.84. The van der Waals surface area contributed by atoms with Crippen LogP contribution in [0.15, 0.2) is 42.5 Å². The first kappa shape index (κ1) is 19.3. The number of carbonyl (C=O) groups is 2. The number of aromatic carboxylic acids is 1. The van der Waals surface area contributed by atoms with Crippen LogP contribution in [0, 0.1) is 0 Å². The predicted molar refractivity (Wildman–Crippen MR) is 111 cm³/mol. The average molecular weight is 430 g/mol. The van der Waals surface area contributed by atoms with E-state index in [-0.39, 0.29) is 28.9 Å². The topological polar surface area (TPSA) is 95.9 Å². The van der Waals surface area contributed by atoms with E-state index in [9.17, 15) is 19.8 Å². The Labute approximate surface area is 175 Å². The van der Waals surface area contributed by atoms with Crippen LogP contribution < -0.4 is 10.1 Å². The van der Waals surface area contributed by atoms with Gasteiger partial charge in [0.25, 0.3) is 0 Å². The smallest absolute Gasteiger partial charge is 0.346 e. The average Bonchev–Trinajstić information content (AvgIpc) is 3.08. The minimum absolute atomic E-state index is 0.00371. The lowest BCUT2D eigenvalue weighted by molar-refractivity contribution is -0.116. The van der Waals surface area contributed by atoms with Crippen LogP contribution in [0.5, 0.6) is 11.5 Å². The molecule has 2 aromatic carbocycles. The van der Waals surface area contributed by atoms with Gasteiger partial charge in [-0.05, 0) is 35.4 Å². The third kappa shape index (κ3) is 3.43. The maximum absolute atomic E-state index is 12.5. The van der Waals surface area contributed by atoms with Crippen LogP contribution in [-0.4, -0.2) is 29.2 Å². The lowest BCUT2D eigenvalue weighted by Crippen LogP contribution is -2.22. The number of nitrogens with one attached hydrogen (secondary N) is 1. The van der Waals surface area contributed by atoms with Gasteiger partial charge in [0, 0.05) is 27.8 Å². The summed E-state index contributed by atoms with van der Waals surface area (Å²) in [5, 5.41) is 23.1. The number of methoxy groups -OCH3 is 1. The molecule has 3 N–H and O–H groups in total. The highest BCUT2D eigenvalue weighted by Gasteiger charge is 2.34. The monoisotopic (exact) mass is 429 g/mol. The Balaban J connectivity index is 1.92. The van der Waals surface area contributed by atoms with Gasteiger partial charge in [0.15, 0.2) is 11.5 Å². The molecular formula is C21H16ClNO5S. The Kier molecular flexibility index (Phi) is 4.94. The predicted octanol–water partition coefficient (Wildman–Crippen LogP) is 4.96. The van der Waals surface area contributed by atoms with Crippen molar-refractivity contribution in [2.45, 2.75) is 12.3 Å². The molecule has 6 nitrogen and oxygen atoms in total. The summed E-state index contributed by atoms with van der Waals surface area (Å²) in [4.78, 5) is 25.4. The van der Waals surface area contributed by atoms with Gasteiger partial charge in [-0.1, -0.05) is 29.8 Å². The zero-order chi connectivity index (χ0) is 20.7. The molecule has 0 unspecified atom stereocenters. The number of halogens is 1. The van der Waals surface area contributed by atoms with Gasteiger partial charge in [0.1, 0.15) is 4.88 Å². The number of aromatic hydroxyl groups is 1. The van der Waals surface area contributed by atoms with E-state index in [1.807, 2.05) is 0 Å². The number of phenols is 1. The van der Waals surface area contributed by atoms with Crippen LogP contribution in [-0.2, 0) is 4.79 Å². The van der Waals surface area contributed by atoms with Gasteiger partial charge in [-0.15, -0.1) is 11.3 Å². The van der Waals surface area contributed by atoms with Gasteiger partial charge in [-0.3, -0.25) is 4.79 Å². The number of hydrogen-bond acceptors (Lipinski definition) is 5. The summed E-state index contributed by atoms with van der Waals surface area (Å²) in [6.07, 6.45) is 0.167. The maximum Gasteiger partial charge on any atom is 0.346 e. The second kappa shape index (κ2) is 7.42. The molecule has 0 saturated carbocycles. The van der Waals surface area contributed by atoms with Crippen LogP contribution in [0.4, 0.5) is 5.69 Å². The Morgan fingerprint density at radius 2 is 1.97 bits per heavy atom. The number of anilines is 1. The normalized spacial score (nSPS) is 15.5. The van der Waals surface area contributed by atoms with Gasteiger partial charge in [-0.25, -0.2) is 4.79 Å². The van der Waals surface area contributed by atoms with Crippen LogP contribution in [0.2, 0.25) is 5.02 Å². The van der Waals surface area contributed by atoms with Gasteiger partial charge in [0.05, 0.1) is 12.8 Å². The summed E-state index contributed by atoms with van der Waals surface area (Å²) >= 11 is 7.11. The van der Waals surface area contributed by atoms with Crippen molar-refractivity contribution in [1.82, 2.24) is 0 Å². The highest BCUT2D eigenvalue weighted by Crippen LogP contribution is 2.50. The molecule has 4 rings (SSSR count). The molecule has 0 saturated heterocycles. The maximum atomic E-state index is 12.5. The Hall–Kier alpha value is -3.03. The lowest BCUT2D eigenvalue weighted by atomic mass is 9.88. The van der Waals surface area contributed by atoms with Crippen molar-refractivity contribution in [2.75, 3.05) is 12.4 Å². The fraction of sp³-hybridized carbons (Fsp3) is 0.143. The molecule has 148 valence electrons. The van der Waals surface area contributed by atoms with Crippen molar-refractivity contribution in [3.8, 4) is 22.6 Å². The molecule has 8 heteroatoms. The van der Waals surface area contributed by atoms with Gasteiger partial charge < -0.3 is 20.3 Å². The number of phenolic OH excluding ortho intramolecular Hbond substituents is 1. The largest absolute Gasteiger partial charge is 0.504 e. The van der Waals surface area contributed by atoms with E-state index in [0.29, 0.717) is 27.6 Å². The molecule has 0 fully saturated rings. The standard InChI is InChI=1S/C21H16ClNO5S/c1-28-15-8-11(4-7-14(15)24)13-9-16(25)23-18-17(10-2-5-12(22)6-3-10)20(21(26)27)29-19(13)18/h2-8,13,24H,9H2,1H3,(H,23,25)(H,26,27)/t13-/m1/s1. The summed E-state index contributed by atoms with van der Waals surface area (Å²) in [7, 11) is 1.45. The minimum atomic E-state index is -1.06. The summed E-state index contributed by atoms with van der Waals surface area (Å²) < 4.78 is 5.19.